The highest BCUT2D eigenvalue weighted by atomic mass is 16.6. The van der Waals surface area contributed by atoms with Crippen molar-refractivity contribution in [2.75, 3.05) is 6.54 Å². The standard InChI is InChI=1S/C6H9NO.C4H3NO2.C4H2O3/c1-2-7-5-3-4-6(7)8;6-3-1-2-4(7)5-3;5-3-1-2-4(6)7-3/h2H,1,3-5H2;1-2H,(H,5,6,7);1-2H. The minimum Gasteiger partial charge on any atom is -0.387 e. The van der Waals surface area contributed by atoms with Crippen molar-refractivity contribution in [3.63, 3.8) is 0 Å². The normalized spacial score (nSPS) is 18.4. The van der Waals surface area contributed by atoms with Crippen molar-refractivity contribution < 1.29 is 28.7 Å². The van der Waals surface area contributed by atoms with E-state index in [2.05, 4.69) is 11.3 Å². The number of cyclic esters (lactones) is 2. The van der Waals surface area contributed by atoms with E-state index in [1.165, 1.54) is 12.2 Å². The molecule has 22 heavy (non-hydrogen) atoms. The summed E-state index contributed by atoms with van der Waals surface area (Å²) in [6.45, 7) is 4.36. The van der Waals surface area contributed by atoms with Crippen molar-refractivity contribution in [2.24, 2.45) is 0 Å². The summed E-state index contributed by atoms with van der Waals surface area (Å²) in [6.07, 6.45) is 7.85. The van der Waals surface area contributed by atoms with E-state index in [0.29, 0.717) is 6.42 Å². The van der Waals surface area contributed by atoms with Gasteiger partial charge in [0, 0.05) is 37.3 Å². The Labute approximate surface area is 126 Å². The first-order valence-electron chi connectivity index (χ1n) is 6.31. The Balaban J connectivity index is 0.000000166. The third-order valence-electron chi connectivity index (χ3n) is 2.52. The van der Waals surface area contributed by atoms with E-state index in [-0.39, 0.29) is 17.7 Å². The molecule has 3 aliphatic rings. The van der Waals surface area contributed by atoms with E-state index in [4.69, 9.17) is 0 Å². The van der Waals surface area contributed by atoms with E-state index in [9.17, 15) is 24.0 Å². The van der Waals surface area contributed by atoms with Crippen LogP contribution in [0.2, 0.25) is 0 Å². The van der Waals surface area contributed by atoms with Crippen molar-refractivity contribution in [1.82, 2.24) is 10.2 Å². The molecular formula is C14H14N2O6. The van der Waals surface area contributed by atoms with Crippen molar-refractivity contribution >= 4 is 29.7 Å². The van der Waals surface area contributed by atoms with Crippen LogP contribution >= 0.6 is 0 Å². The summed E-state index contributed by atoms with van der Waals surface area (Å²) >= 11 is 0. The van der Waals surface area contributed by atoms with Crippen LogP contribution in [0.5, 0.6) is 0 Å². The second kappa shape index (κ2) is 8.30. The van der Waals surface area contributed by atoms with E-state index in [1.54, 1.807) is 11.1 Å². The molecule has 3 heterocycles. The number of carbonyl (C=O) groups excluding carboxylic acids is 5. The molecule has 3 rings (SSSR count). The molecule has 0 atom stereocenters. The van der Waals surface area contributed by atoms with Gasteiger partial charge in [-0.3, -0.25) is 19.7 Å². The van der Waals surface area contributed by atoms with Gasteiger partial charge < -0.3 is 9.64 Å². The highest BCUT2D eigenvalue weighted by molar-refractivity contribution is 6.12. The Morgan fingerprint density at radius 3 is 1.73 bits per heavy atom. The number of likely N-dealkylation sites (tertiary alicyclic amines) is 1. The summed E-state index contributed by atoms with van der Waals surface area (Å²) in [5.74, 6) is -1.61. The third kappa shape index (κ3) is 5.95. The molecule has 1 saturated heterocycles. The predicted molar refractivity (Wildman–Crippen MR) is 73.7 cm³/mol. The zero-order valence-corrected chi connectivity index (χ0v) is 11.6. The fraction of sp³-hybridized carbons (Fsp3) is 0.214. The van der Waals surface area contributed by atoms with Gasteiger partial charge in [0.15, 0.2) is 0 Å². The molecule has 0 aromatic heterocycles. The van der Waals surface area contributed by atoms with Crippen LogP contribution in [0.3, 0.4) is 0 Å². The quantitative estimate of drug-likeness (QED) is 0.400. The zero-order valence-electron chi connectivity index (χ0n) is 11.6. The number of nitrogens with one attached hydrogen (secondary N) is 1. The first-order chi connectivity index (χ1) is 10.4. The van der Waals surface area contributed by atoms with Gasteiger partial charge in [-0.25, -0.2) is 9.59 Å². The Kier molecular flexibility index (Phi) is 6.42. The van der Waals surface area contributed by atoms with Crippen molar-refractivity contribution in [3.8, 4) is 0 Å². The number of ether oxygens (including phenoxy) is 1. The molecule has 0 spiro atoms. The van der Waals surface area contributed by atoms with Crippen molar-refractivity contribution in [1.29, 1.82) is 0 Å². The molecule has 8 nitrogen and oxygen atoms in total. The van der Waals surface area contributed by atoms with Gasteiger partial charge in [0.05, 0.1) is 0 Å². The third-order valence-corrected chi connectivity index (χ3v) is 2.52. The van der Waals surface area contributed by atoms with Gasteiger partial charge in [-0.2, -0.15) is 0 Å². The summed E-state index contributed by atoms with van der Waals surface area (Å²) in [5.41, 5.74) is 0. The lowest BCUT2D eigenvalue weighted by molar-refractivity contribution is -0.150. The average molecular weight is 306 g/mol. The van der Waals surface area contributed by atoms with E-state index < -0.39 is 11.9 Å². The van der Waals surface area contributed by atoms with Crippen LogP contribution in [0.4, 0.5) is 0 Å². The fourth-order valence-electron chi connectivity index (χ4n) is 1.52. The minimum absolute atomic E-state index is 0.208. The Hall–Kier alpha value is -3.03. The second-order valence-electron chi connectivity index (χ2n) is 4.13. The van der Waals surface area contributed by atoms with Gasteiger partial charge in [0.25, 0.3) is 11.8 Å². The number of nitrogens with zero attached hydrogens (tertiary/aromatic N) is 1. The van der Waals surface area contributed by atoms with Gasteiger partial charge in [-0.1, -0.05) is 6.58 Å². The number of hydrogen-bond acceptors (Lipinski definition) is 6. The molecule has 1 N–H and O–H groups in total. The number of esters is 2. The van der Waals surface area contributed by atoms with E-state index in [1.807, 2.05) is 5.32 Å². The highest BCUT2D eigenvalue weighted by Gasteiger charge is 2.16. The minimum atomic E-state index is -0.579. The lowest BCUT2D eigenvalue weighted by atomic mass is 10.4. The van der Waals surface area contributed by atoms with Crippen LogP contribution in [0.1, 0.15) is 12.8 Å². The fourth-order valence-corrected chi connectivity index (χ4v) is 1.52. The SMILES string of the molecule is C=CN1CCCC1=O.O=C1C=CC(=O)N1.O=C1C=CC(=O)O1. The van der Waals surface area contributed by atoms with Gasteiger partial charge in [0.1, 0.15) is 0 Å². The molecule has 0 aliphatic carbocycles. The monoisotopic (exact) mass is 306 g/mol. The molecule has 3 aliphatic heterocycles. The summed E-state index contributed by atoms with van der Waals surface area (Å²) in [4.78, 5) is 52.2. The second-order valence-corrected chi connectivity index (χ2v) is 4.13. The molecule has 0 unspecified atom stereocenters. The van der Waals surface area contributed by atoms with Crippen LogP contribution in [-0.2, 0) is 28.7 Å². The zero-order chi connectivity index (χ0) is 16.5. The maximum absolute atomic E-state index is 10.7. The number of carbonyl (C=O) groups is 5. The van der Waals surface area contributed by atoms with Gasteiger partial charge in [-0.15, -0.1) is 0 Å². The summed E-state index contributed by atoms with van der Waals surface area (Å²) in [6, 6.07) is 0. The lowest BCUT2D eigenvalue weighted by Gasteiger charge is -2.05. The number of amides is 3. The van der Waals surface area contributed by atoms with Crippen LogP contribution in [0.25, 0.3) is 0 Å². The summed E-state index contributed by atoms with van der Waals surface area (Å²) in [5, 5.41) is 2.03. The largest absolute Gasteiger partial charge is 0.387 e. The first kappa shape index (κ1) is 17.0. The van der Waals surface area contributed by atoms with Crippen LogP contribution in [0, 0.1) is 0 Å². The van der Waals surface area contributed by atoms with Crippen molar-refractivity contribution in [2.45, 2.75) is 12.8 Å². The molecule has 0 bridgehead atoms. The van der Waals surface area contributed by atoms with Gasteiger partial charge in [-0.05, 0) is 12.6 Å². The van der Waals surface area contributed by atoms with Gasteiger partial charge >= 0.3 is 11.9 Å². The molecular weight excluding hydrogens is 292 g/mol. The van der Waals surface area contributed by atoms with Crippen LogP contribution in [0.15, 0.2) is 37.1 Å². The Morgan fingerprint density at radius 2 is 1.55 bits per heavy atom. The lowest BCUT2D eigenvalue weighted by Crippen LogP contribution is -2.19. The molecule has 116 valence electrons. The summed E-state index contributed by atoms with van der Waals surface area (Å²) in [7, 11) is 0. The number of imide groups is 1. The maximum atomic E-state index is 10.7. The maximum Gasteiger partial charge on any atom is 0.338 e. The Morgan fingerprint density at radius 1 is 1.00 bits per heavy atom. The van der Waals surface area contributed by atoms with Crippen molar-refractivity contribution in [3.05, 3.63) is 37.1 Å². The van der Waals surface area contributed by atoms with Crippen LogP contribution < -0.4 is 5.32 Å². The molecule has 0 aromatic carbocycles. The molecule has 1 fully saturated rings. The predicted octanol–water partition coefficient (Wildman–Crippen LogP) is -0.423. The summed E-state index contributed by atoms with van der Waals surface area (Å²) < 4.78 is 3.97. The number of hydrogen-bond donors (Lipinski definition) is 1. The van der Waals surface area contributed by atoms with E-state index in [0.717, 1.165) is 25.1 Å². The Bertz CT molecular complexity index is 508. The number of rotatable bonds is 1. The molecule has 8 heteroatoms. The van der Waals surface area contributed by atoms with Gasteiger partial charge in [0.2, 0.25) is 5.91 Å². The topological polar surface area (TPSA) is 110 Å². The molecule has 3 amide bonds. The first-order valence-corrected chi connectivity index (χ1v) is 6.31. The smallest absolute Gasteiger partial charge is 0.338 e. The highest BCUT2D eigenvalue weighted by Crippen LogP contribution is 2.08. The molecule has 0 aromatic rings. The molecule has 0 radical (unpaired) electrons. The van der Waals surface area contributed by atoms with Crippen LogP contribution in [-0.4, -0.2) is 41.1 Å². The van der Waals surface area contributed by atoms with E-state index >= 15 is 0 Å². The molecule has 0 saturated carbocycles. The average Bonchev–Trinajstić information content (AvgIpc) is 3.15.